The van der Waals surface area contributed by atoms with E-state index in [4.69, 9.17) is 16.3 Å². The fourth-order valence-electron chi connectivity index (χ4n) is 1.80. The van der Waals surface area contributed by atoms with Crippen molar-refractivity contribution in [1.82, 2.24) is 0 Å². The van der Waals surface area contributed by atoms with Crippen LogP contribution in [0.1, 0.15) is 17.3 Å². The number of Topliss-reactive ketones (excluding diaryl/α,β-unsaturated/α-hetero) is 1. The number of rotatable bonds is 5. The number of nitro benzene ring substituents is 1. The summed E-state index contributed by atoms with van der Waals surface area (Å²) in [6, 6.07) is 12.7. The lowest BCUT2D eigenvalue weighted by molar-refractivity contribution is -0.384. The van der Waals surface area contributed by atoms with Gasteiger partial charge in [-0.05, 0) is 13.0 Å². The number of halogens is 1. The minimum atomic E-state index is -0.718. The first kappa shape index (κ1) is 15.0. The highest BCUT2D eigenvalue weighted by Gasteiger charge is 2.18. The van der Waals surface area contributed by atoms with Gasteiger partial charge < -0.3 is 4.74 Å². The minimum absolute atomic E-state index is 0.0307. The van der Waals surface area contributed by atoms with Gasteiger partial charge in [-0.2, -0.15) is 0 Å². The van der Waals surface area contributed by atoms with Gasteiger partial charge in [0.25, 0.3) is 5.69 Å². The molecule has 6 heteroatoms. The Morgan fingerprint density at radius 3 is 2.48 bits per heavy atom. The second kappa shape index (κ2) is 6.37. The molecular weight excluding hydrogens is 294 g/mol. The highest BCUT2D eigenvalue weighted by Crippen LogP contribution is 2.29. The molecule has 0 spiro atoms. The predicted molar refractivity (Wildman–Crippen MR) is 79.0 cm³/mol. The van der Waals surface area contributed by atoms with Gasteiger partial charge in [0.1, 0.15) is 10.8 Å². The number of carbonyl (C=O) groups is 1. The van der Waals surface area contributed by atoms with Crippen LogP contribution in [0.2, 0.25) is 5.02 Å². The Kier molecular flexibility index (Phi) is 4.55. The maximum absolute atomic E-state index is 12.1. The molecule has 0 aromatic heterocycles. The molecule has 2 aromatic carbocycles. The van der Waals surface area contributed by atoms with Crippen molar-refractivity contribution < 1.29 is 14.5 Å². The van der Waals surface area contributed by atoms with Crippen LogP contribution < -0.4 is 4.74 Å². The monoisotopic (exact) mass is 305 g/mol. The number of ketones is 1. The van der Waals surface area contributed by atoms with Gasteiger partial charge in [-0.15, -0.1) is 0 Å². The third-order valence-electron chi connectivity index (χ3n) is 2.86. The van der Waals surface area contributed by atoms with E-state index in [0.29, 0.717) is 11.3 Å². The highest BCUT2D eigenvalue weighted by molar-refractivity contribution is 6.32. The van der Waals surface area contributed by atoms with Crippen molar-refractivity contribution in [2.75, 3.05) is 0 Å². The van der Waals surface area contributed by atoms with E-state index in [1.807, 2.05) is 6.07 Å². The Hall–Kier alpha value is -2.40. The van der Waals surface area contributed by atoms with Gasteiger partial charge in [0.2, 0.25) is 5.78 Å². The summed E-state index contributed by atoms with van der Waals surface area (Å²) in [6.45, 7) is 1.62. The summed E-state index contributed by atoms with van der Waals surface area (Å²) in [5, 5.41) is 10.6. The zero-order valence-electron chi connectivity index (χ0n) is 11.2. The van der Waals surface area contributed by atoms with Gasteiger partial charge in [0.05, 0.1) is 4.92 Å². The number of hydrogen-bond acceptors (Lipinski definition) is 4. The summed E-state index contributed by atoms with van der Waals surface area (Å²) >= 11 is 5.80. The van der Waals surface area contributed by atoms with Crippen molar-refractivity contribution in [3.8, 4) is 5.75 Å². The molecular formula is C15H12ClNO4. The Bertz CT molecular complexity index is 673. The second-order valence-corrected chi connectivity index (χ2v) is 4.77. The number of nitrogens with zero attached hydrogens (tertiary/aromatic N) is 1. The van der Waals surface area contributed by atoms with Crippen molar-refractivity contribution >= 4 is 23.1 Å². The molecule has 0 amide bonds. The number of nitro groups is 1. The number of hydrogen-bond donors (Lipinski definition) is 0. The smallest absolute Gasteiger partial charge is 0.288 e. The van der Waals surface area contributed by atoms with Crippen LogP contribution in [0.25, 0.3) is 0 Å². The first-order valence-electron chi connectivity index (χ1n) is 6.19. The van der Waals surface area contributed by atoms with Crippen LogP contribution >= 0.6 is 11.6 Å². The van der Waals surface area contributed by atoms with Gasteiger partial charge in [-0.1, -0.05) is 41.9 Å². The Balaban J connectivity index is 2.13. The lowest BCUT2D eigenvalue weighted by Crippen LogP contribution is -2.23. The van der Waals surface area contributed by atoms with Crippen molar-refractivity contribution in [2.24, 2.45) is 0 Å². The summed E-state index contributed by atoms with van der Waals surface area (Å²) in [7, 11) is 0. The summed E-state index contributed by atoms with van der Waals surface area (Å²) in [4.78, 5) is 22.2. The second-order valence-electron chi connectivity index (χ2n) is 4.36. The molecule has 0 N–H and O–H groups in total. The molecule has 0 fully saturated rings. The van der Waals surface area contributed by atoms with Crippen LogP contribution in [-0.2, 0) is 0 Å². The van der Waals surface area contributed by atoms with Crippen molar-refractivity contribution in [1.29, 1.82) is 0 Å². The number of carbonyl (C=O) groups excluding carboxylic acids is 1. The molecule has 108 valence electrons. The van der Waals surface area contributed by atoms with E-state index < -0.39 is 11.0 Å². The lowest BCUT2D eigenvalue weighted by atomic mass is 10.1. The number of ether oxygens (including phenoxy) is 1. The third-order valence-corrected chi connectivity index (χ3v) is 3.16. The maximum Gasteiger partial charge on any atom is 0.288 e. The Labute approximate surface area is 126 Å². The molecule has 2 rings (SSSR count). The first-order chi connectivity index (χ1) is 9.99. The van der Waals surface area contributed by atoms with Gasteiger partial charge in [0, 0.05) is 17.7 Å². The van der Waals surface area contributed by atoms with Gasteiger partial charge in [-0.3, -0.25) is 14.9 Å². The zero-order valence-corrected chi connectivity index (χ0v) is 11.9. The van der Waals surface area contributed by atoms with E-state index in [9.17, 15) is 14.9 Å². The molecule has 1 unspecified atom stereocenters. The Morgan fingerprint density at radius 1 is 1.24 bits per heavy atom. The van der Waals surface area contributed by atoms with E-state index in [0.717, 1.165) is 0 Å². The molecule has 0 saturated heterocycles. The van der Waals surface area contributed by atoms with E-state index in [2.05, 4.69) is 0 Å². The molecule has 0 bridgehead atoms. The molecule has 0 aliphatic heterocycles. The van der Waals surface area contributed by atoms with E-state index in [-0.39, 0.29) is 16.5 Å². The molecule has 0 aliphatic carbocycles. The third kappa shape index (κ3) is 3.58. The molecule has 2 aromatic rings. The molecule has 21 heavy (non-hydrogen) atoms. The highest BCUT2D eigenvalue weighted by atomic mass is 35.5. The van der Waals surface area contributed by atoms with Crippen LogP contribution in [0, 0.1) is 10.1 Å². The van der Waals surface area contributed by atoms with Gasteiger partial charge in [0.15, 0.2) is 6.10 Å². The normalized spacial score (nSPS) is 11.7. The van der Waals surface area contributed by atoms with Crippen LogP contribution in [0.5, 0.6) is 5.75 Å². The summed E-state index contributed by atoms with van der Waals surface area (Å²) in [5.74, 6) is 0.132. The average Bonchev–Trinajstić information content (AvgIpc) is 2.47. The van der Waals surface area contributed by atoms with Gasteiger partial charge in [-0.25, -0.2) is 0 Å². The zero-order chi connectivity index (χ0) is 15.4. The summed E-state index contributed by atoms with van der Waals surface area (Å²) in [5.41, 5.74) is 0.337. The van der Waals surface area contributed by atoms with Crippen molar-refractivity contribution in [2.45, 2.75) is 13.0 Å². The summed E-state index contributed by atoms with van der Waals surface area (Å²) in [6.07, 6.45) is -0.718. The van der Waals surface area contributed by atoms with Crippen molar-refractivity contribution in [3.63, 3.8) is 0 Å². The molecule has 0 radical (unpaired) electrons. The SMILES string of the molecule is CC(Oc1ccc([N+](=O)[O-])c(Cl)c1)C(=O)c1ccccc1. The van der Waals surface area contributed by atoms with Crippen LogP contribution in [-0.4, -0.2) is 16.8 Å². The van der Waals surface area contributed by atoms with Crippen LogP contribution in [0.3, 0.4) is 0 Å². The topological polar surface area (TPSA) is 69.4 Å². The molecule has 0 aliphatic rings. The number of benzene rings is 2. The molecule has 0 saturated carbocycles. The predicted octanol–water partition coefficient (Wildman–Crippen LogP) is 3.90. The quantitative estimate of drug-likeness (QED) is 0.477. The van der Waals surface area contributed by atoms with Crippen LogP contribution in [0.4, 0.5) is 5.69 Å². The fourth-order valence-corrected chi connectivity index (χ4v) is 2.04. The minimum Gasteiger partial charge on any atom is -0.483 e. The first-order valence-corrected chi connectivity index (χ1v) is 6.56. The molecule has 0 heterocycles. The fraction of sp³-hybridized carbons (Fsp3) is 0.133. The summed E-state index contributed by atoms with van der Waals surface area (Å²) < 4.78 is 5.49. The van der Waals surface area contributed by atoms with Gasteiger partial charge >= 0.3 is 0 Å². The van der Waals surface area contributed by atoms with Crippen LogP contribution in [0.15, 0.2) is 48.5 Å². The largest absolute Gasteiger partial charge is 0.483 e. The molecule has 5 nitrogen and oxygen atoms in total. The van der Waals surface area contributed by atoms with Crippen molar-refractivity contribution in [3.05, 3.63) is 69.2 Å². The maximum atomic E-state index is 12.1. The lowest BCUT2D eigenvalue weighted by Gasteiger charge is -2.13. The Morgan fingerprint density at radius 2 is 1.90 bits per heavy atom. The average molecular weight is 306 g/mol. The van der Waals surface area contributed by atoms with E-state index >= 15 is 0 Å². The van der Waals surface area contributed by atoms with E-state index in [1.54, 1.807) is 31.2 Å². The standard InChI is InChI=1S/C15H12ClNO4/c1-10(15(18)11-5-3-2-4-6-11)21-12-7-8-14(17(19)20)13(16)9-12/h2-10H,1H3. The molecule has 1 atom stereocenters. The van der Waals surface area contributed by atoms with E-state index in [1.165, 1.54) is 18.2 Å².